The lowest BCUT2D eigenvalue weighted by molar-refractivity contribution is 0.101. The van der Waals surface area contributed by atoms with Crippen LogP contribution in [0.5, 0.6) is 0 Å². The number of aryl methyl sites for hydroxylation is 1. The van der Waals surface area contributed by atoms with Gasteiger partial charge in [-0.1, -0.05) is 0 Å². The fraction of sp³-hybridized carbons (Fsp3) is 0.0526. The Balaban J connectivity index is 1.61. The van der Waals surface area contributed by atoms with Crippen molar-refractivity contribution in [2.45, 2.75) is 6.92 Å². The maximum absolute atomic E-state index is 14.7. The van der Waals surface area contributed by atoms with Crippen LogP contribution in [-0.2, 0) is 0 Å². The number of hydrogen-bond acceptors (Lipinski definition) is 5. The second-order valence-electron chi connectivity index (χ2n) is 6.01. The van der Waals surface area contributed by atoms with Crippen molar-refractivity contribution in [3.63, 3.8) is 0 Å². The average molecular weight is 415 g/mol. The molecule has 0 spiro atoms. The zero-order chi connectivity index (χ0) is 20.5. The molecule has 0 fully saturated rings. The van der Waals surface area contributed by atoms with E-state index in [-0.39, 0.29) is 11.3 Å². The molecule has 1 aromatic carbocycles. The Hall–Kier alpha value is -3.53. The maximum Gasteiger partial charge on any atom is 0.261 e. The van der Waals surface area contributed by atoms with Crippen LogP contribution in [0, 0.1) is 24.4 Å². The SMILES string of the molecule is Cc1nn(-c2nccs2)cc1-c1ccc(NC(=O)c2c(F)cncc2F)cc1F. The number of halogens is 3. The second-order valence-corrected chi connectivity index (χ2v) is 6.89. The van der Waals surface area contributed by atoms with Crippen molar-refractivity contribution in [2.75, 3.05) is 5.32 Å². The standard InChI is InChI=1S/C19H12F3N5OS/c1-10-13(9-27(26-10)19-24-4-5-29-19)12-3-2-11(6-14(12)20)25-18(28)17-15(21)7-23-8-16(17)22/h2-9H,1H3,(H,25,28). The number of rotatable bonds is 4. The van der Waals surface area contributed by atoms with Crippen LogP contribution in [0.4, 0.5) is 18.9 Å². The summed E-state index contributed by atoms with van der Waals surface area (Å²) in [5.41, 5.74) is 0.685. The Morgan fingerprint density at radius 3 is 2.52 bits per heavy atom. The molecule has 0 aliphatic rings. The molecule has 4 rings (SSSR count). The van der Waals surface area contributed by atoms with Gasteiger partial charge in [0.05, 0.1) is 18.1 Å². The van der Waals surface area contributed by atoms with Crippen molar-refractivity contribution in [1.82, 2.24) is 19.7 Å². The number of pyridine rings is 1. The largest absolute Gasteiger partial charge is 0.322 e. The molecule has 0 saturated carbocycles. The number of carbonyl (C=O) groups is 1. The molecule has 4 aromatic rings. The highest BCUT2D eigenvalue weighted by Gasteiger charge is 2.19. The Morgan fingerprint density at radius 1 is 1.10 bits per heavy atom. The molecular weight excluding hydrogens is 403 g/mol. The number of anilines is 1. The highest BCUT2D eigenvalue weighted by molar-refractivity contribution is 7.12. The van der Waals surface area contributed by atoms with Gasteiger partial charge in [-0.05, 0) is 25.1 Å². The van der Waals surface area contributed by atoms with Gasteiger partial charge < -0.3 is 5.32 Å². The van der Waals surface area contributed by atoms with Crippen molar-refractivity contribution < 1.29 is 18.0 Å². The minimum atomic E-state index is -1.11. The first-order chi connectivity index (χ1) is 13.9. The molecule has 10 heteroatoms. The number of thiazole rings is 1. The molecule has 29 heavy (non-hydrogen) atoms. The van der Waals surface area contributed by atoms with Crippen molar-refractivity contribution in [1.29, 1.82) is 0 Å². The van der Waals surface area contributed by atoms with Gasteiger partial charge in [0.2, 0.25) is 5.13 Å². The van der Waals surface area contributed by atoms with Gasteiger partial charge in [-0.3, -0.25) is 9.78 Å². The smallest absolute Gasteiger partial charge is 0.261 e. The summed E-state index contributed by atoms with van der Waals surface area (Å²) in [6.45, 7) is 1.74. The number of amides is 1. The van der Waals surface area contributed by atoms with Gasteiger partial charge in [-0.25, -0.2) is 22.8 Å². The lowest BCUT2D eigenvalue weighted by Crippen LogP contribution is -2.16. The van der Waals surface area contributed by atoms with E-state index in [9.17, 15) is 18.0 Å². The molecule has 0 aliphatic heterocycles. The number of nitrogens with zero attached hydrogens (tertiary/aromatic N) is 4. The Labute approximate surface area is 166 Å². The number of carbonyl (C=O) groups excluding carboxylic acids is 1. The molecule has 0 radical (unpaired) electrons. The minimum absolute atomic E-state index is 0.0526. The van der Waals surface area contributed by atoms with Crippen LogP contribution in [0.25, 0.3) is 16.3 Å². The van der Waals surface area contributed by atoms with Gasteiger partial charge in [0.15, 0.2) is 11.6 Å². The summed E-state index contributed by atoms with van der Waals surface area (Å²) in [5.74, 6) is -3.88. The van der Waals surface area contributed by atoms with Crippen LogP contribution in [0.1, 0.15) is 16.1 Å². The van der Waals surface area contributed by atoms with Gasteiger partial charge in [0.25, 0.3) is 5.91 Å². The zero-order valence-corrected chi connectivity index (χ0v) is 15.7. The second kappa shape index (κ2) is 7.47. The van der Waals surface area contributed by atoms with Crippen LogP contribution >= 0.6 is 11.3 Å². The monoisotopic (exact) mass is 415 g/mol. The summed E-state index contributed by atoms with van der Waals surface area (Å²) in [6.07, 6.45) is 4.75. The lowest BCUT2D eigenvalue weighted by Gasteiger charge is -2.09. The van der Waals surface area contributed by atoms with Crippen LogP contribution in [0.2, 0.25) is 0 Å². The van der Waals surface area contributed by atoms with E-state index in [4.69, 9.17) is 0 Å². The number of aromatic nitrogens is 4. The summed E-state index contributed by atoms with van der Waals surface area (Å²) >= 11 is 1.39. The first-order valence-electron chi connectivity index (χ1n) is 8.30. The first-order valence-corrected chi connectivity index (χ1v) is 9.18. The molecule has 6 nitrogen and oxygen atoms in total. The molecule has 3 heterocycles. The van der Waals surface area contributed by atoms with Crippen LogP contribution < -0.4 is 5.32 Å². The molecule has 0 saturated heterocycles. The van der Waals surface area contributed by atoms with E-state index < -0.39 is 28.9 Å². The summed E-state index contributed by atoms with van der Waals surface area (Å²) < 4.78 is 43.6. The van der Waals surface area contributed by atoms with E-state index in [1.54, 1.807) is 29.4 Å². The maximum atomic E-state index is 14.7. The molecule has 1 amide bonds. The van der Waals surface area contributed by atoms with Gasteiger partial charge in [0.1, 0.15) is 11.4 Å². The predicted molar refractivity (Wildman–Crippen MR) is 101 cm³/mol. The summed E-state index contributed by atoms with van der Waals surface area (Å²) in [5, 5.41) is 9.07. The molecular formula is C19H12F3N5OS. The third-order valence-electron chi connectivity index (χ3n) is 4.11. The Bertz CT molecular complexity index is 1190. The van der Waals surface area contributed by atoms with E-state index in [1.165, 1.54) is 23.5 Å². The van der Waals surface area contributed by atoms with E-state index in [2.05, 4.69) is 20.4 Å². The van der Waals surface area contributed by atoms with Gasteiger partial charge in [-0.2, -0.15) is 5.10 Å². The van der Waals surface area contributed by atoms with Crippen LogP contribution in [0.15, 0.2) is 48.4 Å². The third-order valence-corrected chi connectivity index (χ3v) is 4.87. The molecule has 0 aliphatic carbocycles. The molecule has 0 bridgehead atoms. The van der Waals surface area contributed by atoms with Gasteiger partial charge >= 0.3 is 0 Å². The normalized spacial score (nSPS) is 10.9. The van der Waals surface area contributed by atoms with E-state index in [1.807, 2.05) is 0 Å². The zero-order valence-electron chi connectivity index (χ0n) is 14.9. The number of hydrogen-bond donors (Lipinski definition) is 1. The summed E-state index contributed by atoms with van der Waals surface area (Å²) in [7, 11) is 0. The molecule has 1 N–H and O–H groups in total. The Kier molecular flexibility index (Phi) is 4.85. The van der Waals surface area contributed by atoms with E-state index in [0.717, 1.165) is 18.5 Å². The first kappa shape index (κ1) is 18.8. The van der Waals surface area contributed by atoms with Gasteiger partial charge in [-0.15, -0.1) is 11.3 Å². The predicted octanol–water partition coefficient (Wildman–Crippen LogP) is 4.37. The Morgan fingerprint density at radius 2 is 1.86 bits per heavy atom. The van der Waals surface area contributed by atoms with Crippen molar-refractivity contribution in [2.24, 2.45) is 0 Å². The van der Waals surface area contributed by atoms with Gasteiger partial charge in [0, 0.05) is 34.6 Å². The fourth-order valence-corrected chi connectivity index (χ4v) is 3.35. The van der Waals surface area contributed by atoms with E-state index in [0.29, 0.717) is 16.4 Å². The molecule has 3 aromatic heterocycles. The lowest BCUT2D eigenvalue weighted by atomic mass is 10.1. The number of benzene rings is 1. The van der Waals surface area contributed by atoms with Crippen molar-refractivity contribution >= 4 is 22.9 Å². The van der Waals surface area contributed by atoms with Crippen molar-refractivity contribution in [3.8, 4) is 16.3 Å². The minimum Gasteiger partial charge on any atom is -0.322 e. The van der Waals surface area contributed by atoms with E-state index >= 15 is 0 Å². The third kappa shape index (κ3) is 3.61. The van der Waals surface area contributed by atoms with Crippen LogP contribution in [0.3, 0.4) is 0 Å². The quantitative estimate of drug-likeness (QED) is 0.537. The summed E-state index contributed by atoms with van der Waals surface area (Å²) in [4.78, 5) is 19.6. The molecule has 0 atom stereocenters. The molecule has 0 unspecified atom stereocenters. The number of nitrogens with one attached hydrogen (secondary N) is 1. The highest BCUT2D eigenvalue weighted by Crippen LogP contribution is 2.29. The fourth-order valence-electron chi connectivity index (χ4n) is 2.78. The topological polar surface area (TPSA) is 72.7 Å². The van der Waals surface area contributed by atoms with Crippen molar-refractivity contribution in [3.05, 3.63) is 77.1 Å². The summed E-state index contributed by atoms with van der Waals surface area (Å²) in [6, 6.07) is 3.97. The average Bonchev–Trinajstić information content (AvgIpc) is 3.31. The highest BCUT2D eigenvalue weighted by atomic mass is 32.1. The molecule has 146 valence electrons. The van der Waals surface area contributed by atoms with Crippen LogP contribution in [-0.4, -0.2) is 25.7 Å².